The molecule has 2 aromatic heterocycles. The van der Waals surface area contributed by atoms with Crippen molar-refractivity contribution >= 4 is 61.7 Å². The number of unbranched alkanes of at least 4 members (excludes halogenated alkanes) is 9. The van der Waals surface area contributed by atoms with Gasteiger partial charge in [0.05, 0.1) is 30.8 Å². The molecule has 1 saturated heterocycles. The van der Waals surface area contributed by atoms with Gasteiger partial charge in [0.2, 0.25) is 11.8 Å². The molecule has 2 N–H and O–H groups in total. The number of ether oxygens (including phenoxy) is 2. The molecule has 2 aliphatic heterocycles. The molecular formula is C41H50BrN5O5S. The van der Waals surface area contributed by atoms with Crippen molar-refractivity contribution in [1.82, 2.24) is 20.2 Å². The molecule has 2 aromatic carbocycles. The van der Waals surface area contributed by atoms with Crippen LogP contribution in [0.15, 0.2) is 46.3 Å². The Kier molecular flexibility index (Phi) is 13.4. The number of imide groups is 1. The van der Waals surface area contributed by atoms with Gasteiger partial charge in [0.15, 0.2) is 11.5 Å². The summed E-state index contributed by atoms with van der Waals surface area (Å²) in [7, 11) is 1.67. The van der Waals surface area contributed by atoms with Gasteiger partial charge in [-0.05, 0) is 68.9 Å². The molecule has 282 valence electrons. The van der Waals surface area contributed by atoms with E-state index < -0.39 is 6.04 Å². The number of aromatic nitrogens is 2. The van der Waals surface area contributed by atoms with Crippen LogP contribution in [0.1, 0.15) is 122 Å². The maximum atomic E-state index is 13.0. The molecule has 0 spiro atoms. The largest absolute Gasteiger partial charge is 0.493 e. The average Bonchev–Trinajstić information content (AvgIpc) is 3.69. The molecule has 6 rings (SSSR count). The SMILES string of the molecule is COc1cc2c(N[C@H](C)c3cccc(Br)c3)nc(C)nc2cc1OCCCCCCCCCCCCc1scc2c1CN(C1CCC(=O)NC1=O)C2=O. The van der Waals surface area contributed by atoms with Gasteiger partial charge in [-0.1, -0.05) is 79.4 Å². The highest BCUT2D eigenvalue weighted by Crippen LogP contribution is 2.37. The number of rotatable bonds is 19. The van der Waals surface area contributed by atoms with Crippen LogP contribution < -0.4 is 20.1 Å². The molecule has 1 fully saturated rings. The highest BCUT2D eigenvalue weighted by atomic mass is 79.9. The number of thiophene rings is 1. The first kappa shape index (κ1) is 38.7. The highest BCUT2D eigenvalue weighted by Gasteiger charge is 2.40. The van der Waals surface area contributed by atoms with Crippen molar-refractivity contribution in [3.05, 3.63) is 73.6 Å². The van der Waals surface area contributed by atoms with E-state index in [-0.39, 0.29) is 30.2 Å². The number of methoxy groups -OCH3 is 1. The molecular weight excluding hydrogens is 754 g/mol. The molecule has 10 nitrogen and oxygen atoms in total. The summed E-state index contributed by atoms with van der Waals surface area (Å²) in [5.74, 6) is 2.15. The van der Waals surface area contributed by atoms with Crippen molar-refractivity contribution in [3.8, 4) is 11.5 Å². The van der Waals surface area contributed by atoms with Crippen molar-refractivity contribution in [3.63, 3.8) is 0 Å². The van der Waals surface area contributed by atoms with Crippen LogP contribution in [-0.4, -0.2) is 52.3 Å². The number of benzene rings is 2. The van der Waals surface area contributed by atoms with Crippen LogP contribution in [-0.2, 0) is 22.6 Å². The molecule has 12 heteroatoms. The average molecular weight is 805 g/mol. The van der Waals surface area contributed by atoms with Crippen molar-refractivity contribution in [2.24, 2.45) is 0 Å². The van der Waals surface area contributed by atoms with Crippen molar-refractivity contribution in [1.29, 1.82) is 0 Å². The first-order valence-corrected chi connectivity index (χ1v) is 20.6. The summed E-state index contributed by atoms with van der Waals surface area (Å²) in [6.07, 6.45) is 13.5. The Balaban J connectivity index is 0.849. The molecule has 0 saturated carbocycles. The summed E-state index contributed by atoms with van der Waals surface area (Å²) < 4.78 is 13.0. The Labute approximate surface area is 324 Å². The van der Waals surface area contributed by atoms with Gasteiger partial charge in [0, 0.05) is 39.1 Å². The van der Waals surface area contributed by atoms with E-state index in [4.69, 9.17) is 19.4 Å². The number of piperidine rings is 1. The molecule has 2 aliphatic rings. The lowest BCUT2D eigenvalue weighted by atomic mass is 10.0. The lowest BCUT2D eigenvalue weighted by Gasteiger charge is -2.29. The minimum absolute atomic E-state index is 0.0500. The van der Waals surface area contributed by atoms with Gasteiger partial charge < -0.3 is 19.7 Å². The molecule has 1 unspecified atom stereocenters. The third-order valence-electron chi connectivity index (χ3n) is 10.2. The van der Waals surface area contributed by atoms with E-state index in [2.05, 4.69) is 45.6 Å². The maximum Gasteiger partial charge on any atom is 0.256 e. The second-order valence-corrected chi connectivity index (χ2v) is 16.0. The Morgan fingerprint density at radius 1 is 0.981 bits per heavy atom. The molecule has 3 amide bonds. The topological polar surface area (TPSA) is 123 Å². The fourth-order valence-electron chi connectivity index (χ4n) is 7.30. The fourth-order valence-corrected chi connectivity index (χ4v) is 8.80. The normalized spacial score (nSPS) is 16.2. The number of carbonyl (C=O) groups excluding carboxylic acids is 3. The van der Waals surface area contributed by atoms with Crippen molar-refractivity contribution in [2.45, 2.75) is 116 Å². The van der Waals surface area contributed by atoms with Crippen LogP contribution in [0.25, 0.3) is 10.9 Å². The summed E-state index contributed by atoms with van der Waals surface area (Å²) in [5, 5.41) is 8.78. The van der Waals surface area contributed by atoms with Crippen molar-refractivity contribution < 1.29 is 23.9 Å². The van der Waals surface area contributed by atoms with Gasteiger partial charge >= 0.3 is 0 Å². The summed E-state index contributed by atoms with van der Waals surface area (Å²) in [4.78, 5) is 49.2. The van der Waals surface area contributed by atoms with Gasteiger partial charge in [0.1, 0.15) is 17.7 Å². The number of hydrogen-bond acceptors (Lipinski definition) is 9. The van der Waals surface area contributed by atoms with Crippen LogP contribution in [0.5, 0.6) is 11.5 Å². The summed E-state index contributed by atoms with van der Waals surface area (Å²) in [5.41, 5.74) is 3.80. The minimum atomic E-state index is -0.547. The standard InChI is InChI=1S/C41H50BrN5O5S/c1-26(28-15-14-16-29(42)21-28)43-39-30-22-35(51-3)36(23-33(30)44-27(2)45-39)52-20-13-11-9-7-5-4-6-8-10-12-17-37-31-24-47(41(50)32(31)25-53-37)34-18-19-38(48)46-40(34)49/h14-16,21-23,25-26,34H,4-13,17-20,24H2,1-3H3,(H,43,44,45)(H,46,48,49)/t26-,34?/m1/s1. The molecule has 0 radical (unpaired) electrons. The van der Waals surface area contributed by atoms with Gasteiger partial charge in [-0.25, -0.2) is 9.97 Å². The summed E-state index contributed by atoms with van der Waals surface area (Å²) in [6.45, 7) is 5.13. The number of hydrogen-bond donors (Lipinski definition) is 2. The first-order valence-electron chi connectivity index (χ1n) is 19.0. The number of nitrogens with zero attached hydrogens (tertiary/aromatic N) is 3. The second kappa shape index (κ2) is 18.3. The Hall–Kier alpha value is -4.03. The van der Waals surface area contributed by atoms with E-state index in [1.165, 1.54) is 49.8 Å². The quantitative estimate of drug-likeness (QED) is 0.0711. The predicted molar refractivity (Wildman–Crippen MR) is 213 cm³/mol. The monoisotopic (exact) mass is 803 g/mol. The molecule has 0 bridgehead atoms. The van der Waals surface area contributed by atoms with E-state index in [0.29, 0.717) is 36.9 Å². The van der Waals surface area contributed by atoms with Crippen LogP contribution in [0, 0.1) is 6.92 Å². The number of anilines is 1. The lowest BCUT2D eigenvalue weighted by Crippen LogP contribution is -2.52. The number of nitrogens with one attached hydrogen (secondary N) is 2. The van der Waals surface area contributed by atoms with E-state index in [9.17, 15) is 14.4 Å². The van der Waals surface area contributed by atoms with Gasteiger partial charge in [0.25, 0.3) is 5.91 Å². The van der Waals surface area contributed by atoms with Crippen LogP contribution >= 0.6 is 27.3 Å². The highest BCUT2D eigenvalue weighted by molar-refractivity contribution is 9.10. The smallest absolute Gasteiger partial charge is 0.256 e. The van der Waals surface area contributed by atoms with Gasteiger partial charge in [-0.2, -0.15) is 0 Å². The van der Waals surface area contributed by atoms with E-state index in [1.807, 2.05) is 36.6 Å². The number of aryl methyl sites for hydroxylation is 2. The number of fused-ring (bicyclic) bond motifs is 2. The zero-order chi connectivity index (χ0) is 37.3. The summed E-state index contributed by atoms with van der Waals surface area (Å²) >= 11 is 5.23. The Morgan fingerprint density at radius 2 is 1.72 bits per heavy atom. The van der Waals surface area contributed by atoms with Gasteiger partial charge in [-0.15, -0.1) is 11.3 Å². The third kappa shape index (κ3) is 9.75. The number of carbonyl (C=O) groups is 3. The van der Waals surface area contributed by atoms with E-state index in [1.54, 1.807) is 23.3 Å². The van der Waals surface area contributed by atoms with Crippen LogP contribution in [0.3, 0.4) is 0 Å². The zero-order valence-corrected chi connectivity index (χ0v) is 33.4. The van der Waals surface area contributed by atoms with Crippen molar-refractivity contribution in [2.75, 3.05) is 19.0 Å². The Bertz CT molecular complexity index is 1930. The minimum Gasteiger partial charge on any atom is -0.493 e. The first-order chi connectivity index (χ1) is 25.7. The number of halogens is 1. The molecule has 53 heavy (non-hydrogen) atoms. The fraction of sp³-hybridized carbons (Fsp3) is 0.488. The summed E-state index contributed by atoms with van der Waals surface area (Å²) in [6, 6.07) is 11.7. The number of amides is 3. The molecule has 0 aliphatic carbocycles. The third-order valence-corrected chi connectivity index (χ3v) is 11.8. The van der Waals surface area contributed by atoms with Crippen LogP contribution in [0.4, 0.5) is 5.82 Å². The van der Waals surface area contributed by atoms with E-state index in [0.717, 1.165) is 63.6 Å². The zero-order valence-electron chi connectivity index (χ0n) is 31.0. The molecule has 2 atom stereocenters. The van der Waals surface area contributed by atoms with Gasteiger partial charge in [-0.3, -0.25) is 19.7 Å². The predicted octanol–water partition coefficient (Wildman–Crippen LogP) is 9.23. The van der Waals surface area contributed by atoms with Crippen LogP contribution in [0.2, 0.25) is 0 Å². The Morgan fingerprint density at radius 3 is 2.43 bits per heavy atom. The molecule has 4 heterocycles. The second-order valence-electron chi connectivity index (χ2n) is 14.1. The maximum absolute atomic E-state index is 13.0. The molecule has 4 aromatic rings. The lowest BCUT2D eigenvalue weighted by molar-refractivity contribution is -0.136. The van der Waals surface area contributed by atoms with E-state index >= 15 is 0 Å².